The molecule has 1 aliphatic heterocycles. The number of aromatic nitrogens is 2. The molecule has 37 heavy (non-hydrogen) atoms. The Balaban J connectivity index is 1.70. The molecule has 0 radical (unpaired) electrons. The zero-order valence-electron chi connectivity index (χ0n) is 22.1. The molecule has 0 saturated carbocycles. The average Bonchev–Trinajstić information content (AvgIpc) is 3.16. The van der Waals surface area contributed by atoms with Gasteiger partial charge in [-0.1, -0.05) is 0 Å². The second-order valence-electron chi connectivity index (χ2n) is 10.6. The van der Waals surface area contributed by atoms with Crippen molar-refractivity contribution in [3.05, 3.63) is 59.8 Å². The van der Waals surface area contributed by atoms with Gasteiger partial charge in [-0.2, -0.15) is 0 Å². The highest BCUT2D eigenvalue weighted by Gasteiger charge is 2.39. The van der Waals surface area contributed by atoms with Gasteiger partial charge in [0.15, 0.2) is 5.78 Å². The molecule has 8 nitrogen and oxygen atoms in total. The molecule has 9 heteroatoms. The van der Waals surface area contributed by atoms with Crippen LogP contribution < -0.4 is 0 Å². The molecule has 3 heterocycles. The number of Topliss-reactive ketones (excluding diaryl/α,β-unsaturated/α-hetero) is 1. The lowest BCUT2D eigenvalue weighted by Crippen LogP contribution is -2.54. The smallest absolute Gasteiger partial charge is 0.410 e. The van der Waals surface area contributed by atoms with E-state index in [-0.39, 0.29) is 42.3 Å². The van der Waals surface area contributed by atoms with Gasteiger partial charge in [0.05, 0.1) is 28.9 Å². The number of likely N-dealkylation sites (tertiary alicyclic amines) is 1. The Morgan fingerprint density at radius 2 is 1.86 bits per heavy atom. The minimum Gasteiger partial charge on any atom is -0.444 e. The van der Waals surface area contributed by atoms with E-state index in [9.17, 15) is 18.8 Å². The molecule has 1 aromatic carbocycles. The van der Waals surface area contributed by atoms with E-state index in [1.807, 2.05) is 20.8 Å². The minimum absolute atomic E-state index is 0.0691. The lowest BCUT2D eigenvalue weighted by molar-refractivity contribution is 0.00150. The summed E-state index contributed by atoms with van der Waals surface area (Å²) in [5, 5.41) is 0.676. The molecule has 4 rings (SSSR count). The molecule has 2 aromatic heterocycles. The number of pyridine rings is 1. The van der Waals surface area contributed by atoms with Gasteiger partial charge in [0.2, 0.25) is 0 Å². The molecule has 0 unspecified atom stereocenters. The van der Waals surface area contributed by atoms with Crippen molar-refractivity contribution in [2.75, 3.05) is 19.6 Å². The van der Waals surface area contributed by atoms with Crippen LogP contribution in [0.5, 0.6) is 0 Å². The molecule has 196 valence electrons. The first-order chi connectivity index (χ1) is 17.4. The number of hydrogen-bond donors (Lipinski definition) is 0. The van der Waals surface area contributed by atoms with Crippen LogP contribution in [0.3, 0.4) is 0 Å². The molecule has 0 spiro atoms. The van der Waals surface area contributed by atoms with Crippen LogP contribution in [0.4, 0.5) is 9.18 Å². The maximum atomic E-state index is 14.3. The molecule has 0 bridgehead atoms. The third kappa shape index (κ3) is 5.21. The summed E-state index contributed by atoms with van der Waals surface area (Å²) >= 11 is 0. The summed E-state index contributed by atoms with van der Waals surface area (Å²) in [6.07, 6.45) is 4.46. The Morgan fingerprint density at radius 1 is 1.16 bits per heavy atom. The number of carbonyl (C=O) groups excluding carboxylic acids is 3. The van der Waals surface area contributed by atoms with Crippen molar-refractivity contribution < 1.29 is 23.5 Å². The van der Waals surface area contributed by atoms with E-state index in [0.717, 1.165) is 0 Å². The van der Waals surface area contributed by atoms with Crippen molar-refractivity contribution >= 4 is 28.7 Å². The summed E-state index contributed by atoms with van der Waals surface area (Å²) in [7, 11) is 0. The Labute approximate surface area is 216 Å². The van der Waals surface area contributed by atoms with E-state index >= 15 is 0 Å². The third-order valence-electron chi connectivity index (χ3n) is 6.45. The number of nitrogens with zero attached hydrogens (tertiary/aromatic N) is 4. The lowest BCUT2D eigenvalue weighted by Gasteiger charge is -2.38. The number of amides is 2. The number of fused-ring (bicyclic) bond motifs is 1. The van der Waals surface area contributed by atoms with Crippen molar-refractivity contribution in [2.45, 2.75) is 53.2 Å². The first-order valence-electron chi connectivity index (χ1n) is 12.5. The summed E-state index contributed by atoms with van der Waals surface area (Å²) in [6.45, 7) is 12.1. The molecule has 1 aliphatic rings. The van der Waals surface area contributed by atoms with Crippen molar-refractivity contribution in [2.24, 2.45) is 5.92 Å². The topological polar surface area (TPSA) is 84.7 Å². The fraction of sp³-hybridized carbons (Fsp3) is 0.429. The largest absolute Gasteiger partial charge is 0.444 e. The van der Waals surface area contributed by atoms with Crippen LogP contribution in [0.25, 0.3) is 16.6 Å². The average molecular weight is 509 g/mol. The van der Waals surface area contributed by atoms with Gasteiger partial charge in [-0.3, -0.25) is 14.6 Å². The Kier molecular flexibility index (Phi) is 7.08. The van der Waals surface area contributed by atoms with E-state index in [1.54, 1.807) is 61.0 Å². The summed E-state index contributed by atoms with van der Waals surface area (Å²) in [5.41, 5.74) is 1.15. The van der Waals surface area contributed by atoms with Gasteiger partial charge in [0.25, 0.3) is 5.91 Å². The quantitative estimate of drug-likeness (QED) is 0.434. The van der Waals surface area contributed by atoms with Crippen LogP contribution in [0.2, 0.25) is 0 Å². The van der Waals surface area contributed by atoms with Gasteiger partial charge < -0.3 is 19.1 Å². The van der Waals surface area contributed by atoms with Crippen molar-refractivity contribution in [1.29, 1.82) is 0 Å². The summed E-state index contributed by atoms with van der Waals surface area (Å²) in [6, 6.07) is 5.76. The third-order valence-corrected chi connectivity index (χ3v) is 6.45. The zero-order valence-corrected chi connectivity index (χ0v) is 22.1. The number of hydrogen-bond acceptors (Lipinski definition) is 5. The maximum absolute atomic E-state index is 14.3. The van der Waals surface area contributed by atoms with Crippen molar-refractivity contribution in [3.63, 3.8) is 0 Å². The van der Waals surface area contributed by atoms with Gasteiger partial charge in [-0.25, -0.2) is 9.18 Å². The minimum atomic E-state index is -0.611. The second-order valence-corrected chi connectivity index (χ2v) is 10.6. The summed E-state index contributed by atoms with van der Waals surface area (Å²) in [5.74, 6) is -1.29. The predicted molar refractivity (Wildman–Crippen MR) is 139 cm³/mol. The molecular formula is C28H33FN4O4. The Bertz CT molecular complexity index is 1350. The fourth-order valence-electron chi connectivity index (χ4n) is 4.60. The SMILES string of the molecule is CCN(C(=O)c1cc(F)ccc1-n1cc(C(=O)C2CN(C(=O)OC(C)(C)C)C2)c2ccncc21)C(C)C. The number of ether oxygens (including phenoxy) is 1. The van der Waals surface area contributed by atoms with Crippen molar-refractivity contribution in [1.82, 2.24) is 19.4 Å². The lowest BCUT2D eigenvalue weighted by atomic mass is 9.91. The van der Waals surface area contributed by atoms with Gasteiger partial charge in [-0.15, -0.1) is 0 Å². The number of rotatable bonds is 6. The monoisotopic (exact) mass is 508 g/mol. The predicted octanol–water partition coefficient (Wildman–Crippen LogP) is 5.08. The van der Waals surface area contributed by atoms with Gasteiger partial charge >= 0.3 is 6.09 Å². The zero-order chi connectivity index (χ0) is 27.1. The van der Waals surface area contributed by atoms with E-state index in [0.29, 0.717) is 28.7 Å². The number of ketones is 1. The maximum Gasteiger partial charge on any atom is 0.410 e. The number of benzene rings is 1. The normalized spacial score (nSPS) is 14.1. The van der Waals surface area contributed by atoms with Crippen LogP contribution in [0.15, 0.2) is 42.9 Å². The molecule has 1 fully saturated rings. The first kappa shape index (κ1) is 26.3. The van der Waals surface area contributed by atoms with E-state index in [4.69, 9.17) is 4.74 Å². The standard InChI is InChI=1S/C28H33FN4O4/c1-7-32(17(2)3)26(35)21-12-19(29)8-9-23(21)33-16-22(20-10-11-30-13-24(20)33)25(34)18-14-31(15-18)27(36)37-28(4,5)6/h8-13,16-18H,7,14-15H2,1-6H3. The van der Waals surface area contributed by atoms with Crippen LogP contribution in [-0.2, 0) is 4.74 Å². The summed E-state index contributed by atoms with van der Waals surface area (Å²) < 4.78 is 21.4. The molecule has 0 aliphatic carbocycles. The molecule has 3 aromatic rings. The first-order valence-corrected chi connectivity index (χ1v) is 12.5. The van der Waals surface area contributed by atoms with E-state index in [1.165, 1.54) is 17.0 Å². The van der Waals surface area contributed by atoms with Crippen LogP contribution >= 0.6 is 0 Å². The molecule has 1 saturated heterocycles. The van der Waals surface area contributed by atoms with Crippen LogP contribution in [0, 0.1) is 11.7 Å². The van der Waals surface area contributed by atoms with Gasteiger partial charge in [0, 0.05) is 49.0 Å². The molecule has 2 amide bonds. The Morgan fingerprint density at radius 3 is 2.49 bits per heavy atom. The van der Waals surface area contributed by atoms with Gasteiger partial charge in [0.1, 0.15) is 11.4 Å². The summed E-state index contributed by atoms with van der Waals surface area (Å²) in [4.78, 5) is 46.6. The number of halogens is 1. The fourth-order valence-corrected chi connectivity index (χ4v) is 4.60. The van der Waals surface area contributed by atoms with Crippen LogP contribution in [0.1, 0.15) is 62.3 Å². The van der Waals surface area contributed by atoms with E-state index < -0.39 is 17.5 Å². The molecule has 0 atom stereocenters. The molecule has 0 N–H and O–H groups in total. The van der Waals surface area contributed by atoms with Crippen molar-refractivity contribution in [3.8, 4) is 5.69 Å². The highest BCUT2D eigenvalue weighted by Crippen LogP contribution is 2.31. The highest BCUT2D eigenvalue weighted by atomic mass is 19.1. The highest BCUT2D eigenvalue weighted by molar-refractivity contribution is 6.10. The van der Waals surface area contributed by atoms with Gasteiger partial charge in [-0.05, 0) is 65.8 Å². The van der Waals surface area contributed by atoms with Crippen LogP contribution in [-0.4, -0.2) is 68.4 Å². The number of carbonyl (C=O) groups is 3. The second kappa shape index (κ2) is 9.95. The van der Waals surface area contributed by atoms with E-state index in [2.05, 4.69) is 4.98 Å². The molecular weight excluding hydrogens is 475 g/mol. The Hall–Kier alpha value is -3.75.